The van der Waals surface area contributed by atoms with Crippen molar-refractivity contribution in [2.75, 3.05) is 0 Å². The van der Waals surface area contributed by atoms with Gasteiger partial charge in [0.05, 0.1) is 10.0 Å². The van der Waals surface area contributed by atoms with E-state index in [2.05, 4.69) is 18.2 Å². The first kappa shape index (κ1) is 13.0. The average molecular weight is 292 g/mol. The summed E-state index contributed by atoms with van der Waals surface area (Å²) >= 11 is 12.3. The van der Waals surface area contributed by atoms with Crippen molar-refractivity contribution in [3.8, 4) is 0 Å². The summed E-state index contributed by atoms with van der Waals surface area (Å²) in [5.41, 5.74) is 10.1. The molecule has 2 aromatic carbocycles. The predicted molar refractivity (Wildman–Crippen MR) is 80.7 cm³/mol. The molecule has 0 spiro atoms. The summed E-state index contributed by atoms with van der Waals surface area (Å²) in [5, 5.41) is 1.27. The fourth-order valence-corrected chi connectivity index (χ4v) is 3.29. The normalized spacial score (nSPS) is 21.4. The lowest BCUT2D eigenvalue weighted by Crippen LogP contribution is -2.19. The highest BCUT2D eigenvalue weighted by Crippen LogP contribution is 2.38. The van der Waals surface area contributed by atoms with E-state index in [9.17, 15) is 0 Å². The smallest absolute Gasteiger partial charge is 0.0624 e. The summed E-state index contributed by atoms with van der Waals surface area (Å²) in [6, 6.07) is 14.3. The summed E-state index contributed by atoms with van der Waals surface area (Å²) in [6.45, 7) is 0. The molecule has 0 saturated heterocycles. The van der Waals surface area contributed by atoms with E-state index in [0.717, 1.165) is 18.4 Å². The van der Waals surface area contributed by atoms with Crippen LogP contribution in [0.15, 0.2) is 42.5 Å². The zero-order valence-electron chi connectivity index (χ0n) is 10.4. The standard InChI is InChI=1S/C16H15Cl2N/c17-14-7-3-5-11(15(14)18)9-12-8-10-4-1-2-6-13(10)16(12)19/h1-7,12,16H,8-9,19H2. The molecule has 3 rings (SSSR count). The second kappa shape index (κ2) is 5.16. The van der Waals surface area contributed by atoms with Gasteiger partial charge in [0.2, 0.25) is 0 Å². The number of fused-ring (bicyclic) bond motifs is 1. The molecule has 1 aliphatic carbocycles. The van der Waals surface area contributed by atoms with Crippen LogP contribution in [0.1, 0.15) is 22.7 Å². The van der Waals surface area contributed by atoms with E-state index in [1.165, 1.54) is 11.1 Å². The highest BCUT2D eigenvalue weighted by atomic mass is 35.5. The fourth-order valence-electron chi connectivity index (χ4n) is 2.90. The second-order valence-corrected chi connectivity index (χ2v) is 5.89. The lowest BCUT2D eigenvalue weighted by Gasteiger charge is -2.17. The van der Waals surface area contributed by atoms with E-state index in [-0.39, 0.29) is 6.04 Å². The molecular weight excluding hydrogens is 277 g/mol. The van der Waals surface area contributed by atoms with Crippen molar-refractivity contribution in [1.29, 1.82) is 0 Å². The zero-order valence-corrected chi connectivity index (χ0v) is 12.0. The van der Waals surface area contributed by atoms with Gasteiger partial charge in [-0.1, -0.05) is 59.6 Å². The summed E-state index contributed by atoms with van der Waals surface area (Å²) in [7, 11) is 0. The van der Waals surface area contributed by atoms with Gasteiger partial charge >= 0.3 is 0 Å². The molecule has 3 heteroatoms. The van der Waals surface area contributed by atoms with E-state index < -0.39 is 0 Å². The highest BCUT2D eigenvalue weighted by Gasteiger charge is 2.29. The molecule has 0 saturated carbocycles. The Morgan fingerprint density at radius 3 is 2.63 bits per heavy atom. The largest absolute Gasteiger partial charge is 0.324 e. The number of rotatable bonds is 2. The average Bonchev–Trinajstić information content (AvgIpc) is 2.73. The van der Waals surface area contributed by atoms with E-state index in [1.54, 1.807) is 0 Å². The van der Waals surface area contributed by atoms with Gasteiger partial charge in [-0.3, -0.25) is 0 Å². The maximum atomic E-state index is 6.35. The fraction of sp³-hybridized carbons (Fsp3) is 0.250. The third-order valence-electron chi connectivity index (χ3n) is 3.92. The Morgan fingerprint density at radius 1 is 1.05 bits per heavy atom. The molecule has 98 valence electrons. The van der Waals surface area contributed by atoms with E-state index in [4.69, 9.17) is 28.9 Å². The topological polar surface area (TPSA) is 26.0 Å². The first-order valence-corrected chi connectivity index (χ1v) is 7.18. The van der Waals surface area contributed by atoms with Gasteiger partial charge in [0.1, 0.15) is 0 Å². The Kier molecular flexibility index (Phi) is 3.53. The molecule has 2 unspecified atom stereocenters. The van der Waals surface area contributed by atoms with Crippen LogP contribution in [0.4, 0.5) is 0 Å². The van der Waals surface area contributed by atoms with Crippen LogP contribution in [0.3, 0.4) is 0 Å². The summed E-state index contributed by atoms with van der Waals surface area (Å²) in [5.74, 6) is 0.397. The van der Waals surface area contributed by atoms with Gasteiger partial charge in [-0.2, -0.15) is 0 Å². The van der Waals surface area contributed by atoms with Crippen molar-refractivity contribution >= 4 is 23.2 Å². The molecule has 0 bridgehead atoms. The Bertz CT molecular complexity index is 609. The van der Waals surface area contributed by atoms with Crippen LogP contribution in [0.25, 0.3) is 0 Å². The minimum Gasteiger partial charge on any atom is -0.324 e. The van der Waals surface area contributed by atoms with E-state index >= 15 is 0 Å². The van der Waals surface area contributed by atoms with Gasteiger partial charge in [-0.05, 0) is 41.5 Å². The van der Waals surface area contributed by atoms with Crippen molar-refractivity contribution in [3.05, 3.63) is 69.2 Å². The molecule has 2 atom stereocenters. The van der Waals surface area contributed by atoms with E-state index in [1.807, 2.05) is 24.3 Å². The van der Waals surface area contributed by atoms with Crippen molar-refractivity contribution in [1.82, 2.24) is 0 Å². The summed E-state index contributed by atoms with van der Waals surface area (Å²) in [4.78, 5) is 0. The number of nitrogens with two attached hydrogens (primary N) is 1. The van der Waals surface area contributed by atoms with Gasteiger partial charge in [-0.15, -0.1) is 0 Å². The van der Waals surface area contributed by atoms with E-state index in [0.29, 0.717) is 16.0 Å². The molecule has 0 aromatic heterocycles. The van der Waals surface area contributed by atoms with Crippen LogP contribution < -0.4 is 5.73 Å². The lowest BCUT2D eigenvalue weighted by atomic mass is 9.93. The zero-order chi connectivity index (χ0) is 13.4. The Hall–Kier alpha value is -1.02. The van der Waals surface area contributed by atoms with Gasteiger partial charge in [0.25, 0.3) is 0 Å². The number of halogens is 2. The second-order valence-electron chi connectivity index (χ2n) is 5.11. The third-order valence-corrected chi connectivity index (χ3v) is 4.78. The minimum atomic E-state index is 0.0891. The lowest BCUT2D eigenvalue weighted by molar-refractivity contribution is 0.465. The first-order valence-electron chi connectivity index (χ1n) is 6.43. The maximum absolute atomic E-state index is 6.35. The number of hydrogen-bond donors (Lipinski definition) is 1. The van der Waals surface area contributed by atoms with Crippen LogP contribution in [-0.2, 0) is 12.8 Å². The van der Waals surface area contributed by atoms with Crippen LogP contribution in [0.2, 0.25) is 10.0 Å². The molecule has 1 aliphatic rings. The Labute approximate surface area is 123 Å². The number of benzene rings is 2. The maximum Gasteiger partial charge on any atom is 0.0624 e. The molecule has 0 amide bonds. The van der Waals surface area contributed by atoms with Gasteiger partial charge in [0, 0.05) is 6.04 Å². The van der Waals surface area contributed by atoms with Crippen molar-refractivity contribution in [2.45, 2.75) is 18.9 Å². The molecule has 1 nitrogen and oxygen atoms in total. The van der Waals surface area contributed by atoms with Gasteiger partial charge < -0.3 is 5.73 Å². The SMILES string of the molecule is NC1c2ccccc2CC1Cc1cccc(Cl)c1Cl. The summed E-state index contributed by atoms with van der Waals surface area (Å²) in [6.07, 6.45) is 1.88. The molecule has 19 heavy (non-hydrogen) atoms. The van der Waals surface area contributed by atoms with Crippen molar-refractivity contribution in [3.63, 3.8) is 0 Å². The van der Waals surface area contributed by atoms with Gasteiger partial charge in [0.15, 0.2) is 0 Å². The molecule has 0 radical (unpaired) electrons. The summed E-state index contributed by atoms with van der Waals surface area (Å²) < 4.78 is 0. The molecule has 0 fully saturated rings. The molecule has 2 N–H and O–H groups in total. The van der Waals surface area contributed by atoms with Crippen LogP contribution >= 0.6 is 23.2 Å². The van der Waals surface area contributed by atoms with Gasteiger partial charge in [-0.25, -0.2) is 0 Å². The van der Waals surface area contributed by atoms with Crippen LogP contribution in [-0.4, -0.2) is 0 Å². The molecule has 2 aromatic rings. The minimum absolute atomic E-state index is 0.0891. The van der Waals surface area contributed by atoms with Crippen LogP contribution in [0, 0.1) is 5.92 Å². The molecule has 0 heterocycles. The Morgan fingerprint density at radius 2 is 1.84 bits per heavy atom. The third kappa shape index (κ3) is 2.38. The Balaban J connectivity index is 1.85. The van der Waals surface area contributed by atoms with Crippen molar-refractivity contribution in [2.24, 2.45) is 11.7 Å². The van der Waals surface area contributed by atoms with Crippen molar-refractivity contribution < 1.29 is 0 Å². The monoisotopic (exact) mass is 291 g/mol. The highest BCUT2D eigenvalue weighted by molar-refractivity contribution is 6.42. The van der Waals surface area contributed by atoms with Crippen LogP contribution in [0.5, 0.6) is 0 Å². The first-order chi connectivity index (χ1) is 9.16. The predicted octanol–water partition coefficient (Wildman–Crippen LogP) is 4.41. The molecule has 0 aliphatic heterocycles. The number of hydrogen-bond acceptors (Lipinski definition) is 1. The molecular formula is C16H15Cl2N. The quantitative estimate of drug-likeness (QED) is 0.871.